The van der Waals surface area contributed by atoms with Crippen molar-refractivity contribution in [3.05, 3.63) is 40.5 Å². The van der Waals surface area contributed by atoms with Crippen LogP contribution >= 0.6 is 0 Å². The fourth-order valence-corrected chi connectivity index (χ4v) is 3.43. The van der Waals surface area contributed by atoms with E-state index in [2.05, 4.69) is 39.0 Å². The molecule has 2 aliphatic carbocycles. The van der Waals surface area contributed by atoms with E-state index in [4.69, 9.17) is 0 Å². The Bertz CT molecular complexity index is 508. The van der Waals surface area contributed by atoms with Gasteiger partial charge < -0.3 is 0 Å². The number of hydrogen-bond donors (Lipinski definition) is 0. The first-order valence-corrected chi connectivity index (χ1v) is 6.48. The van der Waals surface area contributed by atoms with Gasteiger partial charge in [0.1, 0.15) is 6.17 Å². The molecule has 0 bridgehead atoms. The molecule has 1 aromatic carbocycles. The highest BCUT2D eigenvalue weighted by Crippen LogP contribution is 2.52. The smallest absolute Gasteiger partial charge is 0.104 e. The Labute approximate surface area is 103 Å². The maximum absolute atomic E-state index is 13.6. The van der Waals surface area contributed by atoms with Crippen molar-refractivity contribution in [3.63, 3.8) is 0 Å². The van der Waals surface area contributed by atoms with E-state index in [1.165, 1.54) is 27.8 Å². The van der Waals surface area contributed by atoms with E-state index in [1.54, 1.807) is 0 Å². The van der Waals surface area contributed by atoms with E-state index >= 15 is 0 Å². The molecule has 3 rings (SSSR count). The zero-order valence-corrected chi connectivity index (χ0v) is 10.8. The third-order valence-electron chi connectivity index (χ3n) is 4.43. The molecule has 0 saturated carbocycles. The van der Waals surface area contributed by atoms with Crippen LogP contribution in [0.5, 0.6) is 0 Å². The second-order valence-electron chi connectivity index (χ2n) is 5.97. The molecule has 0 saturated heterocycles. The van der Waals surface area contributed by atoms with Gasteiger partial charge in [-0.25, -0.2) is 4.39 Å². The van der Waals surface area contributed by atoms with Crippen LogP contribution in [0.1, 0.15) is 49.8 Å². The molecule has 0 nitrogen and oxygen atoms in total. The molecule has 1 aromatic rings. The van der Waals surface area contributed by atoms with Gasteiger partial charge in [-0.3, -0.25) is 0 Å². The third-order valence-corrected chi connectivity index (χ3v) is 4.43. The van der Waals surface area contributed by atoms with E-state index in [9.17, 15) is 4.39 Å². The van der Waals surface area contributed by atoms with Crippen molar-refractivity contribution in [2.45, 2.75) is 51.6 Å². The molecule has 1 atom stereocenters. The Balaban J connectivity index is 2.19. The molecule has 1 unspecified atom stereocenters. The average molecular weight is 230 g/mol. The van der Waals surface area contributed by atoms with Gasteiger partial charge in [-0.2, -0.15) is 0 Å². The molecule has 0 spiro atoms. The van der Waals surface area contributed by atoms with E-state index in [-0.39, 0.29) is 5.41 Å². The summed E-state index contributed by atoms with van der Waals surface area (Å²) in [6.07, 6.45) is 1.61. The van der Waals surface area contributed by atoms with Crippen molar-refractivity contribution in [1.82, 2.24) is 0 Å². The summed E-state index contributed by atoms with van der Waals surface area (Å²) in [5, 5.41) is 0. The minimum absolute atomic E-state index is 0.0292. The highest BCUT2D eigenvalue weighted by atomic mass is 19.1. The lowest BCUT2D eigenvalue weighted by Gasteiger charge is -2.28. The minimum atomic E-state index is -0.636. The van der Waals surface area contributed by atoms with Crippen molar-refractivity contribution in [2.24, 2.45) is 0 Å². The van der Waals surface area contributed by atoms with E-state index in [0.717, 1.165) is 6.42 Å². The Hall–Kier alpha value is -1.11. The van der Waals surface area contributed by atoms with Gasteiger partial charge in [-0.1, -0.05) is 43.2 Å². The van der Waals surface area contributed by atoms with Gasteiger partial charge >= 0.3 is 0 Å². The lowest BCUT2D eigenvalue weighted by atomic mass is 9.77. The lowest BCUT2D eigenvalue weighted by Crippen LogP contribution is -2.21. The summed E-state index contributed by atoms with van der Waals surface area (Å²) in [6.45, 7) is 6.61. The monoisotopic (exact) mass is 230 g/mol. The number of hydrogen-bond acceptors (Lipinski definition) is 0. The van der Waals surface area contributed by atoms with E-state index in [0.29, 0.717) is 12.8 Å². The second kappa shape index (κ2) is 3.44. The van der Waals surface area contributed by atoms with Crippen LogP contribution in [-0.2, 0) is 5.41 Å². The molecule has 0 aromatic heterocycles. The highest BCUT2D eigenvalue weighted by molar-refractivity contribution is 5.81. The number of alkyl halides is 1. The largest absolute Gasteiger partial charge is 0.247 e. The Morgan fingerprint density at radius 1 is 1.29 bits per heavy atom. The quantitative estimate of drug-likeness (QED) is 0.613. The van der Waals surface area contributed by atoms with Crippen LogP contribution in [0.25, 0.3) is 5.57 Å². The van der Waals surface area contributed by atoms with Crippen molar-refractivity contribution in [1.29, 1.82) is 0 Å². The highest BCUT2D eigenvalue weighted by Gasteiger charge is 2.40. The van der Waals surface area contributed by atoms with E-state index in [1.807, 2.05) is 0 Å². The first-order chi connectivity index (χ1) is 8.00. The van der Waals surface area contributed by atoms with Gasteiger partial charge in [-0.05, 0) is 36.5 Å². The van der Waals surface area contributed by atoms with Gasteiger partial charge in [0.05, 0.1) is 0 Å². The van der Waals surface area contributed by atoms with Crippen molar-refractivity contribution < 1.29 is 4.39 Å². The van der Waals surface area contributed by atoms with Gasteiger partial charge in [0.25, 0.3) is 0 Å². The standard InChI is InChI=1S/C16H19F/c1-10-4-6-12-13-7-5-11(17)9-15(13)16(2,3)14(12)8-10/h4,6,8,11H,5,7,9H2,1-3H3. The summed E-state index contributed by atoms with van der Waals surface area (Å²) < 4.78 is 13.6. The summed E-state index contributed by atoms with van der Waals surface area (Å²) in [5.74, 6) is 0. The number of aryl methyl sites for hydroxylation is 1. The van der Waals surface area contributed by atoms with Crippen LogP contribution < -0.4 is 0 Å². The number of rotatable bonds is 0. The molecule has 0 aliphatic heterocycles. The van der Waals surface area contributed by atoms with Gasteiger partial charge in [0.2, 0.25) is 0 Å². The van der Waals surface area contributed by atoms with Crippen LogP contribution in [0.15, 0.2) is 23.8 Å². The Morgan fingerprint density at radius 2 is 2.06 bits per heavy atom. The van der Waals surface area contributed by atoms with Crippen LogP contribution in [0.2, 0.25) is 0 Å². The number of benzene rings is 1. The molecule has 2 aliphatic rings. The second-order valence-corrected chi connectivity index (χ2v) is 5.97. The van der Waals surface area contributed by atoms with Gasteiger partial charge in [-0.15, -0.1) is 0 Å². The first kappa shape index (κ1) is 11.0. The lowest BCUT2D eigenvalue weighted by molar-refractivity contribution is 0.298. The van der Waals surface area contributed by atoms with Crippen molar-refractivity contribution >= 4 is 5.57 Å². The maximum atomic E-state index is 13.6. The number of halogens is 1. The molecule has 0 amide bonds. The normalized spacial score (nSPS) is 25.8. The molecule has 0 radical (unpaired) electrons. The molecular formula is C16H19F. The van der Waals surface area contributed by atoms with Crippen LogP contribution in [0, 0.1) is 6.92 Å². The molecule has 0 N–H and O–H groups in total. The van der Waals surface area contributed by atoms with Crippen LogP contribution in [0.4, 0.5) is 4.39 Å². The maximum Gasteiger partial charge on any atom is 0.104 e. The van der Waals surface area contributed by atoms with Gasteiger partial charge in [0, 0.05) is 11.8 Å². The number of allylic oxidation sites excluding steroid dienone is 2. The molecular weight excluding hydrogens is 211 g/mol. The number of fused-ring (bicyclic) bond motifs is 2. The van der Waals surface area contributed by atoms with Crippen LogP contribution in [0.3, 0.4) is 0 Å². The summed E-state index contributed by atoms with van der Waals surface area (Å²) in [7, 11) is 0. The fraction of sp³-hybridized carbons (Fsp3) is 0.500. The predicted octanol–water partition coefficient (Wildman–Crippen LogP) is 4.56. The average Bonchev–Trinajstić information content (AvgIpc) is 2.49. The fourth-order valence-electron chi connectivity index (χ4n) is 3.43. The van der Waals surface area contributed by atoms with Gasteiger partial charge in [0.15, 0.2) is 0 Å². The Morgan fingerprint density at radius 3 is 2.82 bits per heavy atom. The van der Waals surface area contributed by atoms with Crippen molar-refractivity contribution in [2.75, 3.05) is 0 Å². The Kier molecular flexibility index (Phi) is 2.23. The van der Waals surface area contributed by atoms with E-state index < -0.39 is 6.17 Å². The molecule has 0 heterocycles. The predicted molar refractivity (Wildman–Crippen MR) is 69.9 cm³/mol. The topological polar surface area (TPSA) is 0 Å². The summed E-state index contributed by atoms with van der Waals surface area (Å²) in [6, 6.07) is 6.68. The van der Waals surface area contributed by atoms with Crippen LogP contribution in [-0.4, -0.2) is 6.17 Å². The first-order valence-electron chi connectivity index (χ1n) is 6.48. The minimum Gasteiger partial charge on any atom is -0.247 e. The molecule has 90 valence electrons. The summed E-state index contributed by atoms with van der Waals surface area (Å²) >= 11 is 0. The van der Waals surface area contributed by atoms with Crippen molar-refractivity contribution in [3.8, 4) is 0 Å². The molecule has 0 fully saturated rings. The molecule has 1 heteroatoms. The summed E-state index contributed by atoms with van der Waals surface area (Å²) in [4.78, 5) is 0. The summed E-state index contributed by atoms with van der Waals surface area (Å²) in [5.41, 5.74) is 6.88. The zero-order valence-electron chi connectivity index (χ0n) is 10.8. The zero-order chi connectivity index (χ0) is 12.2. The third kappa shape index (κ3) is 1.48. The SMILES string of the molecule is Cc1ccc2c(c1)C(C)(C)C1=C2CCC(F)C1. The molecule has 17 heavy (non-hydrogen) atoms.